The number of hydrogen-bond donors (Lipinski definition) is 0. The summed E-state index contributed by atoms with van der Waals surface area (Å²) in [5.41, 5.74) is 2.95. The van der Waals surface area contributed by atoms with E-state index in [0.29, 0.717) is 24.3 Å². The molecule has 1 saturated heterocycles. The first-order valence-corrected chi connectivity index (χ1v) is 9.12. The minimum atomic E-state index is -0.0296. The van der Waals surface area contributed by atoms with Gasteiger partial charge in [-0.2, -0.15) is 5.10 Å². The van der Waals surface area contributed by atoms with E-state index in [2.05, 4.69) is 4.98 Å². The molecule has 0 bridgehead atoms. The number of aromatic nitrogens is 3. The van der Waals surface area contributed by atoms with Crippen LogP contribution in [0.25, 0.3) is 16.9 Å². The third-order valence-corrected chi connectivity index (χ3v) is 4.61. The van der Waals surface area contributed by atoms with Gasteiger partial charge in [-0.1, -0.05) is 18.2 Å². The Bertz CT molecular complexity index is 914. The molecule has 0 unspecified atom stereocenters. The van der Waals surface area contributed by atoms with Crippen LogP contribution in [0.4, 0.5) is 0 Å². The van der Waals surface area contributed by atoms with Gasteiger partial charge in [0.15, 0.2) is 0 Å². The van der Waals surface area contributed by atoms with Crippen LogP contribution < -0.4 is 0 Å². The average Bonchev–Trinajstić information content (AvgIpc) is 3.13. The SMILES string of the molecule is C[C@H]1CN(C(=O)c2cn(-c3ccccc3)nc2-c2cccnc2)C[C@H](C)O1. The lowest BCUT2D eigenvalue weighted by Gasteiger charge is -2.35. The summed E-state index contributed by atoms with van der Waals surface area (Å²) in [4.78, 5) is 19.4. The van der Waals surface area contributed by atoms with Crippen molar-refractivity contribution in [2.24, 2.45) is 0 Å². The summed E-state index contributed by atoms with van der Waals surface area (Å²) in [6.45, 7) is 5.13. The van der Waals surface area contributed by atoms with E-state index in [4.69, 9.17) is 9.84 Å². The van der Waals surface area contributed by atoms with E-state index in [1.165, 1.54) is 0 Å². The standard InChI is InChI=1S/C21H22N4O2/c1-15-12-24(13-16(2)27-15)21(26)19-14-25(18-8-4-3-5-9-18)23-20(19)17-7-6-10-22-11-17/h3-11,14-16H,12-13H2,1-2H3/t15-,16-/m0/s1. The van der Waals surface area contributed by atoms with Crippen molar-refractivity contribution in [3.8, 4) is 16.9 Å². The fraction of sp³-hybridized carbons (Fsp3) is 0.286. The number of nitrogens with zero attached hydrogens (tertiary/aromatic N) is 4. The zero-order valence-electron chi connectivity index (χ0n) is 15.4. The van der Waals surface area contributed by atoms with Crippen molar-refractivity contribution in [3.05, 3.63) is 66.6 Å². The molecule has 0 radical (unpaired) electrons. The van der Waals surface area contributed by atoms with Crippen LogP contribution in [-0.4, -0.2) is 50.9 Å². The molecule has 6 heteroatoms. The molecule has 1 aliphatic rings. The summed E-state index contributed by atoms with van der Waals surface area (Å²) in [6.07, 6.45) is 5.29. The zero-order chi connectivity index (χ0) is 18.8. The molecule has 0 N–H and O–H groups in total. The molecular weight excluding hydrogens is 340 g/mol. The van der Waals surface area contributed by atoms with Gasteiger partial charge < -0.3 is 9.64 Å². The molecule has 3 aromatic rings. The van der Waals surface area contributed by atoms with E-state index in [1.54, 1.807) is 17.1 Å². The van der Waals surface area contributed by atoms with Crippen LogP contribution in [-0.2, 0) is 4.74 Å². The summed E-state index contributed by atoms with van der Waals surface area (Å²) >= 11 is 0. The van der Waals surface area contributed by atoms with Gasteiger partial charge in [0.25, 0.3) is 5.91 Å². The van der Waals surface area contributed by atoms with E-state index < -0.39 is 0 Å². The van der Waals surface area contributed by atoms with Gasteiger partial charge >= 0.3 is 0 Å². The number of para-hydroxylation sites is 1. The maximum atomic E-state index is 13.3. The van der Waals surface area contributed by atoms with Gasteiger partial charge in [-0.05, 0) is 38.1 Å². The van der Waals surface area contributed by atoms with E-state index >= 15 is 0 Å². The summed E-state index contributed by atoms with van der Waals surface area (Å²) in [6, 6.07) is 13.6. The topological polar surface area (TPSA) is 60.2 Å². The molecule has 0 aliphatic carbocycles. The predicted octanol–water partition coefficient (Wildman–Crippen LogP) is 3.18. The Morgan fingerprint density at radius 1 is 1.07 bits per heavy atom. The summed E-state index contributed by atoms with van der Waals surface area (Å²) < 4.78 is 7.52. The van der Waals surface area contributed by atoms with Crippen LogP contribution in [0.5, 0.6) is 0 Å². The molecule has 1 fully saturated rings. The molecule has 3 heterocycles. The average molecular weight is 362 g/mol. The maximum Gasteiger partial charge on any atom is 0.257 e. The van der Waals surface area contributed by atoms with Crippen LogP contribution in [0.1, 0.15) is 24.2 Å². The van der Waals surface area contributed by atoms with Crippen LogP contribution in [0, 0.1) is 0 Å². The number of carbonyl (C=O) groups is 1. The Hall–Kier alpha value is -2.99. The lowest BCUT2D eigenvalue weighted by molar-refractivity contribution is -0.0586. The molecule has 2 atom stereocenters. The molecule has 1 aliphatic heterocycles. The number of amides is 1. The first-order chi connectivity index (χ1) is 13.1. The van der Waals surface area contributed by atoms with Crippen LogP contribution >= 0.6 is 0 Å². The minimum absolute atomic E-state index is 0.0173. The lowest BCUT2D eigenvalue weighted by atomic mass is 10.1. The molecular formula is C21H22N4O2. The van der Waals surface area contributed by atoms with Crippen molar-refractivity contribution in [1.29, 1.82) is 0 Å². The number of ether oxygens (including phenoxy) is 1. The maximum absolute atomic E-state index is 13.3. The van der Waals surface area contributed by atoms with Gasteiger partial charge in [0, 0.05) is 37.2 Å². The third-order valence-electron chi connectivity index (χ3n) is 4.61. The highest BCUT2D eigenvalue weighted by Crippen LogP contribution is 2.25. The van der Waals surface area contributed by atoms with E-state index in [-0.39, 0.29) is 18.1 Å². The van der Waals surface area contributed by atoms with Crippen LogP contribution in [0.2, 0.25) is 0 Å². The van der Waals surface area contributed by atoms with Crippen molar-refractivity contribution in [1.82, 2.24) is 19.7 Å². The number of benzene rings is 1. The quantitative estimate of drug-likeness (QED) is 0.718. The van der Waals surface area contributed by atoms with Crippen molar-refractivity contribution in [3.63, 3.8) is 0 Å². The molecule has 0 spiro atoms. The number of pyridine rings is 1. The van der Waals surface area contributed by atoms with Gasteiger partial charge in [-0.25, -0.2) is 4.68 Å². The number of hydrogen-bond acceptors (Lipinski definition) is 4. The van der Waals surface area contributed by atoms with Gasteiger partial charge in [0.1, 0.15) is 5.69 Å². The van der Waals surface area contributed by atoms with Crippen molar-refractivity contribution in [2.75, 3.05) is 13.1 Å². The monoisotopic (exact) mass is 362 g/mol. The molecule has 27 heavy (non-hydrogen) atoms. The number of morpholine rings is 1. The Morgan fingerprint density at radius 3 is 2.48 bits per heavy atom. The largest absolute Gasteiger partial charge is 0.372 e. The minimum Gasteiger partial charge on any atom is -0.372 e. The second kappa shape index (κ2) is 7.32. The second-order valence-electron chi connectivity index (χ2n) is 6.88. The highest BCUT2D eigenvalue weighted by molar-refractivity contribution is 6.00. The Labute approximate surface area is 158 Å². The number of rotatable bonds is 3. The van der Waals surface area contributed by atoms with E-state index in [9.17, 15) is 4.79 Å². The third kappa shape index (κ3) is 3.61. The smallest absolute Gasteiger partial charge is 0.257 e. The zero-order valence-corrected chi connectivity index (χ0v) is 15.4. The van der Waals surface area contributed by atoms with Gasteiger partial charge in [0.05, 0.1) is 23.5 Å². The van der Waals surface area contributed by atoms with Crippen LogP contribution in [0.15, 0.2) is 61.1 Å². The van der Waals surface area contributed by atoms with Crippen molar-refractivity contribution in [2.45, 2.75) is 26.1 Å². The Morgan fingerprint density at radius 2 is 1.81 bits per heavy atom. The summed E-state index contributed by atoms with van der Waals surface area (Å²) in [5.74, 6) is -0.0296. The molecule has 4 rings (SSSR count). The molecule has 1 aromatic carbocycles. The molecule has 0 saturated carbocycles. The van der Waals surface area contributed by atoms with Gasteiger partial charge in [0.2, 0.25) is 0 Å². The van der Waals surface area contributed by atoms with Gasteiger partial charge in [-0.3, -0.25) is 9.78 Å². The first-order valence-electron chi connectivity index (χ1n) is 9.12. The summed E-state index contributed by atoms with van der Waals surface area (Å²) in [7, 11) is 0. The molecule has 6 nitrogen and oxygen atoms in total. The normalized spacial score (nSPS) is 19.9. The molecule has 1 amide bonds. The van der Waals surface area contributed by atoms with Gasteiger partial charge in [-0.15, -0.1) is 0 Å². The fourth-order valence-corrected chi connectivity index (χ4v) is 3.47. The van der Waals surface area contributed by atoms with Crippen molar-refractivity contribution < 1.29 is 9.53 Å². The number of carbonyl (C=O) groups excluding carboxylic acids is 1. The fourth-order valence-electron chi connectivity index (χ4n) is 3.47. The Kier molecular flexibility index (Phi) is 4.73. The van der Waals surface area contributed by atoms with E-state index in [0.717, 1.165) is 11.3 Å². The van der Waals surface area contributed by atoms with Crippen LogP contribution in [0.3, 0.4) is 0 Å². The molecule has 2 aromatic heterocycles. The van der Waals surface area contributed by atoms with Crippen molar-refractivity contribution >= 4 is 5.91 Å². The second-order valence-corrected chi connectivity index (χ2v) is 6.88. The summed E-state index contributed by atoms with van der Waals surface area (Å²) in [5, 5.41) is 4.70. The van der Waals surface area contributed by atoms with E-state index in [1.807, 2.05) is 67.4 Å². The highest BCUT2D eigenvalue weighted by Gasteiger charge is 2.29. The first kappa shape index (κ1) is 17.4. The Balaban J connectivity index is 1.76. The predicted molar refractivity (Wildman–Crippen MR) is 103 cm³/mol. The molecule has 138 valence electrons. The highest BCUT2D eigenvalue weighted by atomic mass is 16.5. The lowest BCUT2D eigenvalue weighted by Crippen LogP contribution is -2.48.